The summed E-state index contributed by atoms with van der Waals surface area (Å²) < 4.78 is 38.6. The first-order valence-corrected chi connectivity index (χ1v) is 11.9. The van der Waals surface area contributed by atoms with E-state index in [2.05, 4.69) is 15.9 Å². The number of carbonyl (C=O) groups excluding carboxylic acids is 1. The summed E-state index contributed by atoms with van der Waals surface area (Å²) in [4.78, 5) is 16.4. The summed E-state index contributed by atoms with van der Waals surface area (Å²) in [6.45, 7) is 5.52. The van der Waals surface area contributed by atoms with Gasteiger partial charge in [-0.15, -0.1) is 0 Å². The first-order chi connectivity index (χ1) is 14.0. The van der Waals surface area contributed by atoms with E-state index in [9.17, 15) is 17.6 Å². The third kappa shape index (κ3) is 5.63. The van der Waals surface area contributed by atoms with Crippen LogP contribution >= 0.6 is 23.2 Å². The zero-order valence-corrected chi connectivity index (χ0v) is 18.9. The first kappa shape index (κ1) is 22.8. The van der Waals surface area contributed by atoms with E-state index < -0.39 is 27.3 Å². The van der Waals surface area contributed by atoms with Crippen LogP contribution in [0.15, 0.2) is 30.3 Å². The number of hydrogen-bond donors (Lipinski definition) is 1. The van der Waals surface area contributed by atoms with Crippen molar-refractivity contribution >= 4 is 44.8 Å². The number of carbonyl (C=O) groups is 1. The fourth-order valence-corrected chi connectivity index (χ4v) is 4.12. The molecular formula is C20H22Cl2FN3O3S. The van der Waals surface area contributed by atoms with E-state index in [4.69, 9.17) is 23.2 Å². The maximum atomic E-state index is 14.4. The summed E-state index contributed by atoms with van der Waals surface area (Å²) in [6, 6.07) is 8.30. The van der Waals surface area contributed by atoms with Gasteiger partial charge in [0.25, 0.3) is 5.91 Å². The minimum Gasteiger partial charge on any atom is -0.369 e. The molecule has 0 atom stereocenters. The van der Waals surface area contributed by atoms with Crippen LogP contribution in [0.5, 0.6) is 0 Å². The van der Waals surface area contributed by atoms with Gasteiger partial charge in [0.2, 0.25) is 10.0 Å². The van der Waals surface area contributed by atoms with Gasteiger partial charge in [-0.05, 0) is 48.4 Å². The second kappa shape index (κ2) is 9.09. The summed E-state index contributed by atoms with van der Waals surface area (Å²) in [7, 11) is -3.80. The summed E-state index contributed by atoms with van der Waals surface area (Å²) in [5, 5.41) is 0.952. The maximum Gasteiger partial charge on any atom is 0.267 e. The van der Waals surface area contributed by atoms with E-state index >= 15 is 0 Å². The van der Waals surface area contributed by atoms with Crippen LogP contribution in [-0.2, 0) is 16.6 Å². The molecule has 10 heteroatoms. The normalized spacial score (nSPS) is 15.3. The number of piperazine rings is 1. The summed E-state index contributed by atoms with van der Waals surface area (Å²) in [5.74, 6) is -1.86. The predicted octanol–water partition coefficient (Wildman–Crippen LogP) is 3.45. The van der Waals surface area contributed by atoms with E-state index in [0.717, 1.165) is 48.7 Å². The lowest BCUT2D eigenvalue weighted by atomic mass is 10.1. The Kier molecular flexibility index (Phi) is 6.91. The van der Waals surface area contributed by atoms with Crippen LogP contribution in [-0.4, -0.2) is 51.7 Å². The molecule has 1 heterocycles. The van der Waals surface area contributed by atoms with Crippen molar-refractivity contribution in [1.29, 1.82) is 0 Å². The number of hydrogen-bond acceptors (Lipinski definition) is 5. The number of sulfonamides is 1. The van der Waals surface area contributed by atoms with E-state index in [1.54, 1.807) is 4.72 Å². The Morgan fingerprint density at radius 1 is 1.10 bits per heavy atom. The zero-order chi connectivity index (χ0) is 22.1. The number of amides is 1. The van der Waals surface area contributed by atoms with Gasteiger partial charge in [-0.25, -0.2) is 17.5 Å². The molecule has 1 aliphatic heterocycles. The number of nitrogens with zero attached hydrogens (tertiary/aromatic N) is 2. The molecule has 30 heavy (non-hydrogen) atoms. The van der Waals surface area contributed by atoms with Crippen molar-refractivity contribution in [2.45, 2.75) is 13.5 Å². The molecule has 1 aliphatic rings. The highest BCUT2D eigenvalue weighted by molar-refractivity contribution is 7.89. The van der Waals surface area contributed by atoms with Crippen LogP contribution < -0.4 is 9.62 Å². The fraction of sp³-hybridized carbons (Fsp3) is 0.350. The molecule has 1 amide bonds. The van der Waals surface area contributed by atoms with E-state index in [0.29, 0.717) is 12.1 Å². The van der Waals surface area contributed by atoms with Crippen molar-refractivity contribution in [3.63, 3.8) is 0 Å². The highest BCUT2D eigenvalue weighted by atomic mass is 35.5. The smallest absolute Gasteiger partial charge is 0.267 e. The fourth-order valence-electron chi connectivity index (χ4n) is 3.34. The van der Waals surface area contributed by atoms with Crippen molar-refractivity contribution in [2.75, 3.05) is 37.3 Å². The van der Waals surface area contributed by atoms with Gasteiger partial charge < -0.3 is 4.90 Å². The number of anilines is 1. The van der Waals surface area contributed by atoms with Crippen LogP contribution in [0.2, 0.25) is 10.0 Å². The molecule has 1 N–H and O–H groups in total. The lowest BCUT2D eigenvalue weighted by Crippen LogP contribution is -2.46. The van der Waals surface area contributed by atoms with E-state index in [-0.39, 0.29) is 5.02 Å². The molecule has 0 aromatic heterocycles. The van der Waals surface area contributed by atoms with Crippen molar-refractivity contribution < 1.29 is 17.6 Å². The van der Waals surface area contributed by atoms with Crippen LogP contribution in [0.1, 0.15) is 21.5 Å². The third-order valence-electron chi connectivity index (χ3n) is 4.93. The maximum absolute atomic E-state index is 14.4. The van der Waals surface area contributed by atoms with Gasteiger partial charge in [0.1, 0.15) is 5.82 Å². The van der Waals surface area contributed by atoms with Crippen LogP contribution in [0.4, 0.5) is 10.1 Å². The standard InChI is InChI=1S/C20H22Cl2FN3O3S/c1-13-9-15(3-4-17(13)21)26-7-5-25(6-8-26)12-14-10-19(23)16(11-18(14)22)20(27)24-30(2,28)29/h3-4,9-11H,5-8,12H2,1-2H3,(H,24,27). The number of halogens is 3. The molecule has 6 nitrogen and oxygen atoms in total. The average Bonchev–Trinajstić information content (AvgIpc) is 2.66. The zero-order valence-electron chi connectivity index (χ0n) is 16.6. The second-order valence-electron chi connectivity index (χ2n) is 7.32. The lowest BCUT2D eigenvalue weighted by Gasteiger charge is -2.36. The van der Waals surface area contributed by atoms with Gasteiger partial charge >= 0.3 is 0 Å². The molecule has 1 fully saturated rings. The van der Waals surface area contributed by atoms with Gasteiger partial charge in [-0.3, -0.25) is 9.69 Å². The van der Waals surface area contributed by atoms with Gasteiger partial charge in [0.05, 0.1) is 11.8 Å². The molecule has 0 bridgehead atoms. The number of rotatable bonds is 5. The Morgan fingerprint density at radius 3 is 2.37 bits per heavy atom. The molecule has 0 spiro atoms. The van der Waals surface area contributed by atoms with Gasteiger partial charge in [-0.1, -0.05) is 23.2 Å². The highest BCUT2D eigenvalue weighted by Crippen LogP contribution is 2.26. The quantitative estimate of drug-likeness (QED) is 0.719. The first-order valence-electron chi connectivity index (χ1n) is 9.27. The average molecular weight is 474 g/mol. The molecule has 0 saturated carbocycles. The molecule has 0 aliphatic carbocycles. The van der Waals surface area contributed by atoms with Crippen LogP contribution in [0.3, 0.4) is 0 Å². The number of benzene rings is 2. The minimum atomic E-state index is -3.80. The third-order valence-corrected chi connectivity index (χ3v) is 6.26. The molecule has 0 unspecified atom stereocenters. The summed E-state index contributed by atoms with van der Waals surface area (Å²) >= 11 is 12.3. The van der Waals surface area contributed by atoms with Crippen LogP contribution in [0, 0.1) is 12.7 Å². The second-order valence-corrected chi connectivity index (χ2v) is 9.89. The van der Waals surface area contributed by atoms with Gasteiger partial charge in [-0.2, -0.15) is 0 Å². The molecule has 3 rings (SSSR count). The lowest BCUT2D eigenvalue weighted by molar-refractivity contribution is 0.0977. The molecule has 2 aromatic rings. The topological polar surface area (TPSA) is 69.7 Å². The number of aryl methyl sites for hydroxylation is 1. The predicted molar refractivity (Wildman–Crippen MR) is 117 cm³/mol. The molecule has 0 radical (unpaired) electrons. The largest absolute Gasteiger partial charge is 0.369 e. The Labute approximate surface area is 185 Å². The van der Waals surface area contributed by atoms with Crippen molar-refractivity contribution in [3.8, 4) is 0 Å². The van der Waals surface area contributed by atoms with Crippen molar-refractivity contribution in [3.05, 3.63) is 62.9 Å². The molecule has 1 saturated heterocycles. The monoisotopic (exact) mass is 473 g/mol. The van der Waals surface area contributed by atoms with Crippen molar-refractivity contribution in [1.82, 2.24) is 9.62 Å². The molecule has 2 aromatic carbocycles. The van der Waals surface area contributed by atoms with Crippen molar-refractivity contribution in [2.24, 2.45) is 0 Å². The highest BCUT2D eigenvalue weighted by Gasteiger charge is 2.21. The Hall–Kier alpha value is -1.87. The van der Waals surface area contributed by atoms with E-state index in [1.807, 2.05) is 19.1 Å². The minimum absolute atomic E-state index is 0.214. The Morgan fingerprint density at radius 2 is 1.77 bits per heavy atom. The van der Waals surface area contributed by atoms with Gasteiger partial charge in [0, 0.05) is 48.5 Å². The Balaban J connectivity index is 1.65. The van der Waals surface area contributed by atoms with Gasteiger partial charge in [0.15, 0.2) is 0 Å². The molecular weight excluding hydrogens is 452 g/mol. The SMILES string of the molecule is Cc1cc(N2CCN(Cc3cc(F)c(C(=O)NS(C)(=O)=O)cc3Cl)CC2)ccc1Cl. The summed E-state index contributed by atoms with van der Waals surface area (Å²) in [6.07, 6.45) is 0.823. The van der Waals surface area contributed by atoms with Crippen LogP contribution in [0.25, 0.3) is 0 Å². The molecule has 162 valence electrons. The Bertz CT molecular complexity index is 1070. The van der Waals surface area contributed by atoms with E-state index in [1.165, 1.54) is 12.1 Å². The number of nitrogens with one attached hydrogen (secondary N) is 1. The summed E-state index contributed by atoms with van der Waals surface area (Å²) in [5.41, 5.74) is 2.28.